The van der Waals surface area contributed by atoms with E-state index in [-0.39, 0.29) is 11.5 Å². The molecule has 1 aliphatic rings. The molecule has 9 heteroatoms. The van der Waals surface area contributed by atoms with Crippen LogP contribution in [0.15, 0.2) is 77.8 Å². The van der Waals surface area contributed by atoms with Gasteiger partial charge in [-0.2, -0.15) is 0 Å². The van der Waals surface area contributed by atoms with Crippen LogP contribution in [0.4, 0.5) is 0 Å². The summed E-state index contributed by atoms with van der Waals surface area (Å²) in [5.41, 5.74) is 4.46. The van der Waals surface area contributed by atoms with Gasteiger partial charge >= 0.3 is 5.97 Å². The van der Waals surface area contributed by atoms with Crippen molar-refractivity contribution in [1.82, 2.24) is 9.88 Å². The SMILES string of the molecule is COc1cc(/C=C2\SC(=S)N(CCc3ccc(C(=O)O)cc3)C2=O)cc(-c2cnc3ccccc3c2)c1OC. The third-order valence-electron chi connectivity index (χ3n) is 6.40. The fourth-order valence-corrected chi connectivity index (χ4v) is 5.71. The van der Waals surface area contributed by atoms with Crippen molar-refractivity contribution in [2.75, 3.05) is 20.8 Å². The molecule has 5 rings (SSSR count). The Labute approximate surface area is 235 Å². The highest BCUT2D eigenvalue weighted by Gasteiger charge is 2.32. The number of rotatable bonds is 8. The largest absolute Gasteiger partial charge is 0.493 e. The fraction of sp³-hybridized carbons (Fsp3) is 0.133. The van der Waals surface area contributed by atoms with Crippen molar-refractivity contribution in [3.63, 3.8) is 0 Å². The normalized spacial score (nSPS) is 14.3. The minimum Gasteiger partial charge on any atom is -0.493 e. The molecule has 0 aliphatic carbocycles. The summed E-state index contributed by atoms with van der Waals surface area (Å²) in [6, 6.07) is 20.3. The Kier molecular flexibility index (Phi) is 7.63. The number of amides is 1. The van der Waals surface area contributed by atoms with Crippen LogP contribution in [0.2, 0.25) is 0 Å². The van der Waals surface area contributed by atoms with Gasteiger partial charge in [0.1, 0.15) is 4.32 Å². The summed E-state index contributed by atoms with van der Waals surface area (Å²) in [7, 11) is 3.17. The van der Waals surface area contributed by atoms with Gasteiger partial charge in [-0.25, -0.2) is 4.79 Å². The molecule has 1 N–H and O–H groups in total. The number of ether oxygens (including phenoxy) is 2. The number of methoxy groups -OCH3 is 2. The van der Waals surface area contributed by atoms with Gasteiger partial charge in [0, 0.05) is 29.3 Å². The zero-order chi connectivity index (χ0) is 27.5. The van der Waals surface area contributed by atoms with Crippen LogP contribution in [0.1, 0.15) is 21.5 Å². The Morgan fingerprint density at radius 3 is 2.56 bits per heavy atom. The van der Waals surface area contributed by atoms with Crippen molar-refractivity contribution in [1.29, 1.82) is 0 Å². The molecule has 196 valence electrons. The topological polar surface area (TPSA) is 89.0 Å². The lowest BCUT2D eigenvalue weighted by molar-refractivity contribution is -0.122. The highest BCUT2D eigenvalue weighted by Crippen LogP contribution is 2.41. The molecule has 0 unspecified atom stereocenters. The lowest BCUT2D eigenvalue weighted by atomic mass is 10.0. The molecule has 7 nitrogen and oxygen atoms in total. The Morgan fingerprint density at radius 1 is 1.08 bits per heavy atom. The van der Waals surface area contributed by atoms with Gasteiger partial charge in [-0.3, -0.25) is 14.7 Å². The molecule has 0 spiro atoms. The number of fused-ring (bicyclic) bond motifs is 1. The van der Waals surface area contributed by atoms with E-state index >= 15 is 0 Å². The average Bonchev–Trinajstić information content (AvgIpc) is 3.22. The number of nitrogens with zero attached hydrogens (tertiary/aromatic N) is 2. The van der Waals surface area contributed by atoms with Crippen LogP contribution < -0.4 is 9.47 Å². The van der Waals surface area contributed by atoms with Crippen molar-refractivity contribution in [2.45, 2.75) is 6.42 Å². The first-order valence-corrected chi connectivity index (χ1v) is 13.3. The van der Waals surface area contributed by atoms with E-state index in [1.54, 1.807) is 55.7 Å². The minimum atomic E-state index is -0.973. The van der Waals surface area contributed by atoms with Gasteiger partial charge in [-0.15, -0.1) is 0 Å². The third kappa shape index (κ3) is 5.50. The molecule has 4 aromatic rings. The number of thiocarbonyl (C=S) groups is 1. The van der Waals surface area contributed by atoms with Crippen LogP contribution in [0.5, 0.6) is 11.5 Å². The molecule has 0 saturated carbocycles. The number of carboxylic acid groups (broad SMARTS) is 1. The van der Waals surface area contributed by atoms with E-state index in [4.69, 9.17) is 26.8 Å². The summed E-state index contributed by atoms with van der Waals surface area (Å²) in [5.74, 6) is -0.0300. The number of aromatic nitrogens is 1. The van der Waals surface area contributed by atoms with Gasteiger partial charge in [0.25, 0.3) is 5.91 Å². The number of para-hydroxylation sites is 1. The summed E-state index contributed by atoms with van der Waals surface area (Å²) in [5, 5.41) is 10.1. The number of hydrogen-bond acceptors (Lipinski definition) is 7. The van der Waals surface area contributed by atoms with Crippen LogP contribution in [0.3, 0.4) is 0 Å². The van der Waals surface area contributed by atoms with E-state index in [0.717, 1.165) is 33.2 Å². The fourth-order valence-electron chi connectivity index (χ4n) is 4.40. The van der Waals surface area contributed by atoms with Gasteiger partial charge in [0.05, 0.1) is 30.2 Å². The summed E-state index contributed by atoms with van der Waals surface area (Å²) in [4.78, 5) is 31.0. The van der Waals surface area contributed by atoms with Crippen molar-refractivity contribution < 1.29 is 24.2 Å². The van der Waals surface area contributed by atoms with E-state index in [0.29, 0.717) is 33.7 Å². The maximum atomic E-state index is 13.3. The smallest absolute Gasteiger partial charge is 0.335 e. The second kappa shape index (κ2) is 11.3. The number of benzene rings is 3. The Hall–Kier alpha value is -4.21. The van der Waals surface area contributed by atoms with Gasteiger partial charge in [0.2, 0.25) is 0 Å². The molecular weight excluding hydrogens is 532 g/mol. The van der Waals surface area contributed by atoms with E-state index in [1.165, 1.54) is 11.8 Å². The summed E-state index contributed by atoms with van der Waals surface area (Å²) in [6.45, 7) is 0.397. The van der Waals surface area contributed by atoms with Crippen molar-refractivity contribution in [3.8, 4) is 22.6 Å². The Bertz CT molecular complexity index is 1630. The lowest BCUT2D eigenvalue weighted by Crippen LogP contribution is -2.30. The predicted octanol–water partition coefficient (Wildman–Crippen LogP) is 6.06. The highest BCUT2D eigenvalue weighted by atomic mass is 32.2. The first-order valence-electron chi connectivity index (χ1n) is 12.1. The Morgan fingerprint density at radius 2 is 1.85 bits per heavy atom. The first kappa shape index (κ1) is 26.4. The second-order valence-corrected chi connectivity index (χ2v) is 10.5. The van der Waals surface area contributed by atoms with Crippen LogP contribution in [-0.4, -0.2) is 52.0 Å². The zero-order valence-electron chi connectivity index (χ0n) is 21.2. The van der Waals surface area contributed by atoms with Gasteiger partial charge in [-0.1, -0.05) is 54.3 Å². The number of carbonyl (C=O) groups excluding carboxylic acids is 1. The molecule has 1 aromatic heterocycles. The van der Waals surface area contributed by atoms with E-state index < -0.39 is 5.97 Å². The molecule has 0 atom stereocenters. The molecule has 1 saturated heterocycles. The zero-order valence-corrected chi connectivity index (χ0v) is 22.8. The number of carbonyl (C=O) groups is 2. The summed E-state index contributed by atoms with van der Waals surface area (Å²) >= 11 is 6.77. The van der Waals surface area contributed by atoms with Crippen LogP contribution in [-0.2, 0) is 11.2 Å². The standard InChI is InChI=1S/C30H24N2O5S2/c1-36-25-14-19(13-23(27(25)37-2)22-16-21-5-3-4-6-24(21)31-17-22)15-26-28(33)32(30(38)39-26)12-11-18-7-9-20(10-8-18)29(34)35/h3-10,13-17H,11-12H2,1-2H3,(H,34,35)/b26-15-. The molecule has 0 radical (unpaired) electrons. The molecule has 2 heterocycles. The van der Waals surface area contributed by atoms with E-state index in [2.05, 4.69) is 4.98 Å². The molecule has 1 fully saturated rings. The average molecular weight is 557 g/mol. The van der Waals surface area contributed by atoms with Gasteiger partial charge in [-0.05, 0) is 60.0 Å². The first-order chi connectivity index (χ1) is 18.9. The second-order valence-electron chi connectivity index (χ2n) is 8.81. The molecule has 1 aliphatic heterocycles. The molecule has 1 amide bonds. The number of pyridine rings is 1. The number of aromatic carboxylic acids is 1. The van der Waals surface area contributed by atoms with Crippen LogP contribution in [0, 0.1) is 0 Å². The quantitative estimate of drug-likeness (QED) is 0.207. The monoisotopic (exact) mass is 556 g/mol. The maximum absolute atomic E-state index is 13.3. The van der Waals surface area contributed by atoms with Gasteiger partial charge in [0.15, 0.2) is 11.5 Å². The molecule has 0 bridgehead atoms. The van der Waals surface area contributed by atoms with Crippen LogP contribution in [0.25, 0.3) is 28.1 Å². The van der Waals surface area contributed by atoms with Crippen molar-refractivity contribution >= 4 is 57.2 Å². The third-order valence-corrected chi connectivity index (χ3v) is 7.78. The number of carboxylic acids is 1. The Balaban J connectivity index is 1.42. The summed E-state index contributed by atoms with van der Waals surface area (Å²) in [6.07, 6.45) is 4.15. The van der Waals surface area contributed by atoms with E-state index in [9.17, 15) is 9.59 Å². The van der Waals surface area contributed by atoms with Gasteiger partial charge < -0.3 is 14.6 Å². The lowest BCUT2D eigenvalue weighted by Gasteiger charge is -2.15. The molecule has 3 aromatic carbocycles. The molecular formula is C30H24N2O5S2. The maximum Gasteiger partial charge on any atom is 0.335 e. The van der Waals surface area contributed by atoms with Crippen molar-refractivity contribution in [3.05, 3.63) is 94.5 Å². The van der Waals surface area contributed by atoms with E-state index in [1.807, 2.05) is 42.5 Å². The summed E-state index contributed by atoms with van der Waals surface area (Å²) < 4.78 is 11.8. The predicted molar refractivity (Wildman–Crippen MR) is 157 cm³/mol. The molecule has 39 heavy (non-hydrogen) atoms. The number of thioether (sulfide) groups is 1. The van der Waals surface area contributed by atoms with Crippen LogP contribution >= 0.6 is 24.0 Å². The van der Waals surface area contributed by atoms with Crippen molar-refractivity contribution in [2.24, 2.45) is 0 Å². The number of hydrogen-bond donors (Lipinski definition) is 1. The highest BCUT2D eigenvalue weighted by molar-refractivity contribution is 8.26. The minimum absolute atomic E-state index is 0.170.